The summed E-state index contributed by atoms with van der Waals surface area (Å²) in [6, 6.07) is 16.4. The van der Waals surface area contributed by atoms with Gasteiger partial charge in [0.15, 0.2) is 0 Å². The predicted octanol–water partition coefficient (Wildman–Crippen LogP) is 6.02. The summed E-state index contributed by atoms with van der Waals surface area (Å²) in [5, 5.41) is 11.3. The third kappa shape index (κ3) is 3.44. The Morgan fingerprint density at radius 2 is 1.40 bits per heavy atom. The number of imidazole rings is 1. The van der Waals surface area contributed by atoms with Crippen molar-refractivity contribution in [1.82, 2.24) is 9.55 Å². The van der Waals surface area contributed by atoms with Crippen LogP contribution < -0.4 is 0 Å². The molecule has 4 aromatic rings. The monoisotopic (exact) mass is 398 g/mol. The number of hydrogen-bond acceptors (Lipinski definition) is 2. The van der Waals surface area contributed by atoms with Gasteiger partial charge in [-0.3, -0.25) is 0 Å². The van der Waals surface area contributed by atoms with Crippen molar-refractivity contribution in [1.29, 1.82) is 0 Å². The molecule has 1 N–H and O–H groups in total. The number of aliphatic hydroxyl groups excluding tert-OH is 1. The Morgan fingerprint density at radius 1 is 0.800 bits per heavy atom. The number of hydrogen-bond donors (Lipinski definition) is 1. The molecule has 0 spiro atoms. The van der Waals surface area contributed by atoms with E-state index in [-0.39, 0.29) is 0 Å². The quantitative estimate of drug-likeness (QED) is 0.457. The van der Waals surface area contributed by atoms with Crippen LogP contribution in [0.15, 0.2) is 48.5 Å². The highest BCUT2D eigenvalue weighted by molar-refractivity contribution is 5.78. The number of aromatic nitrogens is 2. The molecule has 0 amide bonds. The van der Waals surface area contributed by atoms with Crippen LogP contribution in [-0.4, -0.2) is 14.7 Å². The molecule has 0 fully saturated rings. The summed E-state index contributed by atoms with van der Waals surface area (Å²) in [5.74, 6) is 0.694. The molecule has 1 atom stereocenters. The Morgan fingerprint density at radius 3 is 2.03 bits per heavy atom. The van der Waals surface area contributed by atoms with Gasteiger partial charge >= 0.3 is 0 Å². The maximum absolute atomic E-state index is 11.3. The highest BCUT2D eigenvalue weighted by atomic mass is 16.3. The zero-order chi connectivity index (χ0) is 21.6. The second-order valence-electron chi connectivity index (χ2n) is 8.53. The second kappa shape index (κ2) is 7.73. The Bertz CT molecular complexity index is 1210. The summed E-state index contributed by atoms with van der Waals surface area (Å²) in [6.45, 7) is 13.7. The molecule has 4 rings (SSSR count). The first-order valence-corrected chi connectivity index (χ1v) is 10.5. The number of rotatable bonds is 4. The van der Waals surface area contributed by atoms with E-state index in [0.29, 0.717) is 12.4 Å². The van der Waals surface area contributed by atoms with Crippen LogP contribution in [0.3, 0.4) is 0 Å². The summed E-state index contributed by atoms with van der Waals surface area (Å²) in [5.41, 5.74) is 11.8. The van der Waals surface area contributed by atoms with Crippen LogP contribution in [-0.2, 0) is 6.54 Å². The summed E-state index contributed by atoms with van der Waals surface area (Å²) < 4.78 is 2.20. The van der Waals surface area contributed by atoms with E-state index in [4.69, 9.17) is 4.98 Å². The van der Waals surface area contributed by atoms with Gasteiger partial charge in [-0.1, -0.05) is 36.4 Å². The van der Waals surface area contributed by atoms with Gasteiger partial charge in [-0.05, 0) is 98.2 Å². The molecule has 3 aromatic carbocycles. The molecule has 3 heteroatoms. The van der Waals surface area contributed by atoms with Crippen LogP contribution >= 0.6 is 0 Å². The first kappa shape index (κ1) is 20.4. The average Bonchev–Trinajstić information content (AvgIpc) is 3.07. The van der Waals surface area contributed by atoms with Crippen molar-refractivity contribution in [2.45, 2.75) is 54.2 Å². The molecule has 1 heterocycles. The molecule has 3 nitrogen and oxygen atoms in total. The van der Waals surface area contributed by atoms with Crippen LogP contribution in [0, 0.1) is 41.5 Å². The number of nitrogens with zero attached hydrogens (tertiary/aromatic N) is 2. The largest absolute Gasteiger partial charge is 0.380 e. The van der Waals surface area contributed by atoms with E-state index in [0.717, 1.165) is 16.6 Å². The molecule has 0 bridgehead atoms. The molecule has 0 saturated heterocycles. The Labute approximate surface area is 179 Å². The van der Waals surface area contributed by atoms with Crippen molar-refractivity contribution in [3.05, 3.63) is 98.9 Å². The van der Waals surface area contributed by atoms with E-state index in [1.165, 1.54) is 38.9 Å². The molecule has 1 unspecified atom stereocenters. The van der Waals surface area contributed by atoms with Gasteiger partial charge < -0.3 is 9.67 Å². The second-order valence-corrected chi connectivity index (χ2v) is 8.53. The van der Waals surface area contributed by atoms with Crippen LogP contribution in [0.5, 0.6) is 0 Å². The smallest absolute Gasteiger partial charge is 0.143 e. The average molecular weight is 399 g/mol. The molecule has 0 saturated carbocycles. The fraction of sp³-hybridized carbons (Fsp3) is 0.296. The van der Waals surface area contributed by atoms with E-state index in [2.05, 4.69) is 64.3 Å². The van der Waals surface area contributed by atoms with E-state index in [9.17, 15) is 5.11 Å². The summed E-state index contributed by atoms with van der Waals surface area (Å²) in [4.78, 5) is 4.90. The van der Waals surface area contributed by atoms with Crippen molar-refractivity contribution in [3.63, 3.8) is 0 Å². The van der Waals surface area contributed by atoms with Crippen molar-refractivity contribution < 1.29 is 5.11 Å². The van der Waals surface area contributed by atoms with Gasteiger partial charge in [0.25, 0.3) is 0 Å². The van der Waals surface area contributed by atoms with Crippen molar-refractivity contribution in [2.24, 2.45) is 0 Å². The lowest BCUT2D eigenvalue weighted by atomic mass is 9.94. The highest BCUT2D eigenvalue weighted by Crippen LogP contribution is 2.30. The van der Waals surface area contributed by atoms with Crippen molar-refractivity contribution in [2.75, 3.05) is 0 Å². The van der Waals surface area contributed by atoms with Gasteiger partial charge in [0.05, 0.1) is 11.0 Å². The molecular weight excluding hydrogens is 368 g/mol. The highest BCUT2D eigenvalue weighted by Gasteiger charge is 2.22. The van der Waals surface area contributed by atoms with Gasteiger partial charge in [0, 0.05) is 6.54 Å². The molecule has 0 aliphatic rings. The van der Waals surface area contributed by atoms with Gasteiger partial charge in [-0.15, -0.1) is 0 Å². The third-order valence-electron chi connectivity index (χ3n) is 6.59. The lowest BCUT2D eigenvalue weighted by Crippen LogP contribution is -2.13. The summed E-state index contributed by atoms with van der Waals surface area (Å²) in [6.07, 6.45) is -0.772. The van der Waals surface area contributed by atoms with Crippen LogP contribution in [0.2, 0.25) is 0 Å². The van der Waals surface area contributed by atoms with Gasteiger partial charge in [-0.25, -0.2) is 4.98 Å². The number of benzene rings is 3. The van der Waals surface area contributed by atoms with E-state index < -0.39 is 6.10 Å². The first-order valence-electron chi connectivity index (χ1n) is 10.5. The standard InChI is InChI=1S/C27H30N2O/c1-16-13-24-25(14-17(16)2)29(15-23-20(5)18(3)12-19(4)21(23)6)27(28-24)26(30)22-10-8-7-9-11-22/h7-14,26,30H,15H2,1-6H3. The normalized spacial score (nSPS) is 12.5. The molecule has 1 aromatic heterocycles. The summed E-state index contributed by atoms with van der Waals surface area (Å²) in [7, 11) is 0. The number of fused-ring (bicyclic) bond motifs is 1. The third-order valence-corrected chi connectivity index (χ3v) is 6.59. The SMILES string of the molecule is Cc1cc2nc(C(O)c3ccccc3)n(Cc3c(C)c(C)cc(C)c3C)c2cc1C. The summed E-state index contributed by atoms with van der Waals surface area (Å²) >= 11 is 0. The molecule has 154 valence electrons. The maximum Gasteiger partial charge on any atom is 0.143 e. The predicted molar refractivity (Wildman–Crippen MR) is 124 cm³/mol. The van der Waals surface area contributed by atoms with Gasteiger partial charge in [-0.2, -0.15) is 0 Å². The number of aliphatic hydroxyl groups is 1. The zero-order valence-corrected chi connectivity index (χ0v) is 18.7. The van der Waals surface area contributed by atoms with Gasteiger partial charge in [0.1, 0.15) is 11.9 Å². The first-order chi connectivity index (χ1) is 14.3. The zero-order valence-electron chi connectivity index (χ0n) is 18.7. The van der Waals surface area contributed by atoms with Crippen LogP contribution in [0.4, 0.5) is 0 Å². The van der Waals surface area contributed by atoms with Crippen molar-refractivity contribution >= 4 is 11.0 Å². The fourth-order valence-electron chi connectivity index (χ4n) is 4.25. The Balaban J connectivity index is 1.95. The van der Waals surface area contributed by atoms with E-state index in [1.54, 1.807) is 0 Å². The topological polar surface area (TPSA) is 38.1 Å². The van der Waals surface area contributed by atoms with Gasteiger partial charge in [0.2, 0.25) is 0 Å². The lowest BCUT2D eigenvalue weighted by molar-refractivity contribution is 0.206. The Hall–Kier alpha value is -2.91. The van der Waals surface area contributed by atoms with Crippen molar-refractivity contribution in [3.8, 4) is 0 Å². The minimum atomic E-state index is -0.772. The number of aryl methyl sites for hydroxylation is 4. The molecule has 0 aliphatic heterocycles. The lowest BCUT2D eigenvalue weighted by Gasteiger charge is -2.19. The molecule has 0 aliphatic carbocycles. The molecule has 0 radical (unpaired) electrons. The minimum absolute atomic E-state index is 0.693. The van der Waals surface area contributed by atoms with Crippen LogP contribution in [0.1, 0.15) is 56.4 Å². The van der Waals surface area contributed by atoms with E-state index in [1.807, 2.05) is 30.3 Å². The molecule has 30 heavy (non-hydrogen) atoms. The minimum Gasteiger partial charge on any atom is -0.380 e. The van der Waals surface area contributed by atoms with Crippen LogP contribution in [0.25, 0.3) is 11.0 Å². The maximum atomic E-state index is 11.3. The fourth-order valence-corrected chi connectivity index (χ4v) is 4.25. The molecular formula is C27H30N2O. The Kier molecular flexibility index (Phi) is 5.25. The van der Waals surface area contributed by atoms with E-state index >= 15 is 0 Å².